The lowest BCUT2D eigenvalue weighted by molar-refractivity contribution is 0.301. The van der Waals surface area contributed by atoms with Crippen molar-refractivity contribution >= 4 is 12.6 Å². The molecule has 3 rings (SSSR count). The van der Waals surface area contributed by atoms with E-state index in [4.69, 9.17) is 4.74 Å². The zero-order valence-corrected chi connectivity index (χ0v) is 15.3. The number of tetrazole rings is 1. The predicted octanol–water partition coefficient (Wildman–Crippen LogP) is 2.70. The van der Waals surface area contributed by atoms with Crippen LogP contribution in [0.25, 0.3) is 5.69 Å². The molecule has 0 aliphatic carbocycles. The van der Waals surface area contributed by atoms with Crippen LogP contribution < -0.4 is 10.4 Å². The second-order valence-electron chi connectivity index (χ2n) is 5.80. The minimum Gasteiger partial charge on any atom is -0.489 e. The number of nitrogens with zero attached hydrogens (tertiary/aromatic N) is 4. The van der Waals surface area contributed by atoms with E-state index in [-0.39, 0.29) is 5.69 Å². The standard InChI is InChI=1S/C18H20N4O2S/c1-4-13-10-14(25)8-9-17(13)24-11-15-12(2)6-5-7-16(15)22-18(23)21(3)19-20-22/h5-10,25H,4,11H2,1-3H3. The maximum atomic E-state index is 12.2. The molecule has 0 atom stereocenters. The maximum absolute atomic E-state index is 12.2. The minimum atomic E-state index is -0.291. The molecule has 130 valence electrons. The molecular weight excluding hydrogens is 336 g/mol. The molecule has 3 aromatic rings. The summed E-state index contributed by atoms with van der Waals surface area (Å²) in [7, 11) is 1.57. The van der Waals surface area contributed by atoms with Crippen molar-refractivity contribution in [2.45, 2.75) is 31.8 Å². The summed E-state index contributed by atoms with van der Waals surface area (Å²) in [6.07, 6.45) is 0.855. The van der Waals surface area contributed by atoms with Crippen molar-refractivity contribution in [1.29, 1.82) is 0 Å². The zero-order chi connectivity index (χ0) is 18.0. The highest BCUT2D eigenvalue weighted by Gasteiger charge is 2.14. The zero-order valence-electron chi connectivity index (χ0n) is 14.4. The van der Waals surface area contributed by atoms with Gasteiger partial charge in [0.15, 0.2) is 0 Å². The van der Waals surface area contributed by atoms with Crippen LogP contribution in [0.1, 0.15) is 23.6 Å². The van der Waals surface area contributed by atoms with Crippen LogP contribution in [0.2, 0.25) is 0 Å². The lowest BCUT2D eigenvalue weighted by Crippen LogP contribution is -2.23. The van der Waals surface area contributed by atoms with Gasteiger partial charge in [-0.3, -0.25) is 0 Å². The minimum absolute atomic E-state index is 0.291. The number of rotatable bonds is 5. The first kappa shape index (κ1) is 17.3. The third-order valence-corrected chi connectivity index (χ3v) is 4.41. The van der Waals surface area contributed by atoms with Crippen molar-refractivity contribution in [2.75, 3.05) is 0 Å². The molecular formula is C18H20N4O2S. The fourth-order valence-electron chi connectivity index (χ4n) is 2.67. The molecule has 0 N–H and O–H groups in total. The van der Waals surface area contributed by atoms with Crippen molar-refractivity contribution < 1.29 is 4.74 Å². The second kappa shape index (κ2) is 7.14. The molecule has 0 saturated carbocycles. The van der Waals surface area contributed by atoms with Crippen LogP contribution in [-0.2, 0) is 20.1 Å². The molecule has 0 aliphatic heterocycles. The van der Waals surface area contributed by atoms with Crippen LogP contribution >= 0.6 is 12.6 Å². The summed E-state index contributed by atoms with van der Waals surface area (Å²) in [5, 5.41) is 7.73. The largest absolute Gasteiger partial charge is 0.489 e. The molecule has 1 aromatic heterocycles. The maximum Gasteiger partial charge on any atom is 0.368 e. The summed E-state index contributed by atoms with van der Waals surface area (Å²) in [5.74, 6) is 0.820. The number of benzene rings is 2. The first-order chi connectivity index (χ1) is 12.0. The highest BCUT2D eigenvalue weighted by Crippen LogP contribution is 2.25. The summed E-state index contributed by atoms with van der Waals surface area (Å²) in [6, 6.07) is 11.6. The van der Waals surface area contributed by atoms with E-state index in [2.05, 4.69) is 30.0 Å². The Labute approximate surface area is 151 Å². The van der Waals surface area contributed by atoms with Gasteiger partial charge in [-0.25, -0.2) is 4.79 Å². The molecule has 0 amide bonds. The van der Waals surface area contributed by atoms with E-state index in [1.54, 1.807) is 7.05 Å². The van der Waals surface area contributed by atoms with Crippen LogP contribution in [0.4, 0.5) is 0 Å². The molecule has 0 bridgehead atoms. The van der Waals surface area contributed by atoms with E-state index < -0.39 is 0 Å². The van der Waals surface area contributed by atoms with Crippen molar-refractivity contribution in [3.63, 3.8) is 0 Å². The van der Waals surface area contributed by atoms with Gasteiger partial charge in [0.25, 0.3) is 0 Å². The van der Waals surface area contributed by atoms with Crippen LogP contribution in [0.5, 0.6) is 5.75 Å². The van der Waals surface area contributed by atoms with Gasteiger partial charge in [-0.1, -0.05) is 19.1 Å². The third-order valence-electron chi connectivity index (χ3n) is 4.13. The van der Waals surface area contributed by atoms with Crippen molar-refractivity contribution in [3.05, 3.63) is 63.6 Å². The van der Waals surface area contributed by atoms with Gasteiger partial charge in [-0.05, 0) is 59.2 Å². The first-order valence-electron chi connectivity index (χ1n) is 8.03. The SMILES string of the molecule is CCc1cc(S)ccc1OCc1c(C)cccc1-n1nnn(C)c1=O. The molecule has 0 spiro atoms. The van der Waals surface area contributed by atoms with Crippen molar-refractivity contribution in [3.8, 4) is 11.4 Å². The molecule has 0 radical (unpaired) electrons. The van der Waals surface area contributed by atoms with Gasteiger partial charge in [0, 0.05) is 17.5 Å². The molecule has 25 heavy (non-hydrogen) atoms. The van der Waals surface area contributed by atoms with E-state index in [9.17, 15) is 4.79 Å². The van der Waals surface area contributed by atoms with Crippen molar-refractivity contribution in [2.24, 2.45) is 7.05 Å². The Morgan fingerprint density at radius 2 is 2.00 bits per heavy atom. The fraction of sp³-hybridized carbons (Fsp3) is 0.278. The predicted molar refractivity (Wildman–Crippen MR) is 98.7 cm³/mol. The Morgan fingerprint density at radius 1 is 1.20 bits per heavy atom. The van der Waals surface area contributed by atoms with Gasteiger partial charge in [0.05, 0.1) is 5.69 Å². The smallest absolute Gasteiger partial charge is 0.368 e. The average Bonchev–Trinajstić information content (AvgIpc) is 2.93. The Kier molecular flexibility index (Phi) is 4.94. The van der Waals surface area contributed by atoms with Gasteiger partial charge < -0.3 is 4.74 Å². The van der Waals surface area contributed by atoms with Gasteiger partial charge in [0.2, 0.25) is 0 Å². The fourth-order valence-corrected chi connectivity index (χ4v) is 2.90. The van der Waals surface area contributed by atoms with Gasteiger partial charge in [0.1, 0.15) is 12.4 Å². The molecule has 0 unspecified atom stereocenters. The van der Waals surface area contributed by atoms with Crippen LogP contribution in [0.3, 0.4) is 0 Å². The Hall–Kier alpha value is -2.54. The molecule has 1 heterocycles. The quantitative estimate of drug-likeness (QED) is 0.714. The van der Waals surface area contributed by atoms with E-state index in [1.165, 1.54) is 9.36 Å². The third kappa shape index (κ3) is 3.46. The van der Waals surface area contributed by atoms with Crippen LogP contribution in [0.15, 0.2) is 46.1 Å². The number of hydrogen-bond acceptors (Lipinski definition) is 5. The average molecular weight is 356 g/mol. The molecule has 6 nitrogen and oxygen atoms in total. The molecule has 0 fully saturated rings. The molecule has 0 saturated heterocycles. The Morgan fingerprint density at radius 3 is 2.68 bits per heavy atom. The van der Waals surface area contributed by atoms with E-state index >= 15 is 0 Å². The van der Waals surface area contributed by atoms with Gasteiger partial charge in [-0.2, -0.15) is 9.36 Å². The number of ether oxygens (including phenoxy) is 1. The number of aromatic nitrogens is 4. The summed E-state index contributed by atoms with van der Waals surface area (Å²) >= 11 is 4.38. The summed E-state index contributed by atoms with van der Waals surface area (Å²) < 4.78 is 8.55. The topological polar surface area (TPSA) is 61.9 Å². The van der Waals surface area contributed by atoms with E-state index in [0.717, 1.165) is 33.8 Å². The Balaban J connectivity index is 1.96. The highest BCUT2D eigenvalue weighted by atomic mass is 32.1. The first-order valence-corrected chi connectivity index (χ1v) is 8.48. The second-order valence-corrected chi connectivity index (χ2v) is 6.32. The summed E-state index contributed by atoms with van der Waals surface area (Å²) in [5.41, 5.74) is 3.42. The van der Waals surface area contributed by atoms with Crippen molar-refractivity contribution in [1.82, 2.24) is 19.8 Å². The number of hydrogen-bond donors (Lipinski definition) is 1. The molecule has 0 aliphatic rings. The van der Waals surface area contributed by atoms with Crippen LogP contribution in [-0.4, -0.2) is 19.8 Å². The summed E-state index contributed by atoms with van der Waals surface area (Å²) in [4.78, 5) is 13.1. The lowest BCUT2D eigenvalue weighted by Gasteiger charge is -2.15. The molecule has 7 heteroatoms. The molecule has 2 aromatic carbocycles. The highest BCUT2D eigenvalue weighted by molar-refractivity contribution is 7.80. The summed E-state index contributed by atoms with van der Waals surface area (Å²) in [6.45, 7) is 4.40. The number of aryl methyl sites for hydroxylation is 3. The van der Waals surface area contributed by atoms with Gasteiger partial charge in [-0.15, -0.1) is 12.6 Å². The normalized spacial score (nSPS) is 10.9. The number of thiol groups is 1. The van der Waals surface area contributed by atoms with E-state index in [0.29, 0.717) is 12.3 Å². The van der Waals surface area contributed by atoms with E-state index in [1.807, 2.05) is 43.3 Å². The monoisotopic (exact) mass is 356 g/mol. The Bertz CT molecular complexity index is 962. The van der Waals surface area contributed by atoms with Gasteiger partial charge >= 0.3 is 5.69 Å². The van der Waals surface area contributed by atoms with Crippen LogP contribution in [0, 0.1) is 6.92 Å². The lowest BCUT2D eigenvalue weighted by atomic mass is 10.1.